The lowest BCUT2D eigenvalue weighted by atomic mass is 10.2. The maximum atomic E-state index is 10.3. The maximum Gasteiger partial charge on any atom is 0.161 e. The molecule has 1 atom stereocenters. The zero-order valence-corrected chi connectivity index (χ0v) is 17.5. The number of benzene rings is 1. The van der Waals surface area contributed by atoms with Crippen molar-refractivity contribution in [3.05, 3.63) is 41.7 Å². The van der Waals surface area contributed by atoms with Crippen LogP contribution >= 0.6 is 11.8 Å². The van der Waals surface area contributed by atoms with Gasteiger partial charge in [-0.25, -0.2) is 0 Å². The molecule has 1 saturated heterocycles. The summed E-state index contributed by atoms with van der Waals surface area (Å²) in [6.45, 7) is 4.56. The van der Waals surface area contributed by atoms with Crippen molar-refractivity contribution in [2.45, 2.75) is 19.2 Å². The van der Waals surface area contributed by atoms with E-state index < -0.39 is 6.10 Å². The van der Waals surface area contributed by atoms with Gasteiger partial charge in [-0.2, -0.15) is 16.9 Å². The third-order valence-electron chi connectivity index (χ3n) is 4.68. The Bertz CT molecular complexity index is 707. The monoisotopic (exact) mass is 406 g/mol. The number of thioether (sulfide) groups is 1. The summed E-state index contributed by atoms with van der Waals surface area (Å²) in [5.41, 5.74) is 2.22. The molecule has 0 saturated carbocycles. The van der Waals surface area contributed by atoms with Crippen molar-refractivity contribution in [2.75, 3.05) is 51.9 Å². The van der Waals surface area contributed by atoms with Crippen LogP contribution in [0.1, 0.15) is 11.3 Å². The lowest BCUT2D eigenvalue weighted by Crippen LogP contribution is -2.40. The van der Waals surface area contributed by atoms with E-state index in [2.05, 4.69) is 27.0 Å². The van der Waals surface area contributed by atoms with E-state index in [1.54, 1.807) is 13.3 Å². The van der Waals surface area contributed by atoms with E-state index in [0.717, 1.165) is 48.9 Å². The van der Waals surface area contributed by atoms with Crippen molar-refractivity contribution in [1.82, 2.24) is 20.0 Å². The van der Waals surface area contributed by atoms with Crippen molar-refractivity contribution in [1.29, 1.82) is 0 Å². The van der Waals surface area contributed by atoms with E-state index in [4.69, 9.17) is 9.47 Å². The van der Waals surface area contributed by atoms with E-state index in [0.29, 0.717) is 18.0 Å². The molecule has 7 nitrogen and oxygen atoms in total. The van der Waals surface area contributed by atoms with Crippen LogP contribution in [0.25, 0.3) is 0 Å². The van der Waals surface area contributed by atoms with Gasteiger partial charge in [0.1, 0.15) is 12.7 Å². The largest absolute Gasteiger partial charge is 0.493 e. The second-order valence-corrected chi connectivity index (χ2v) is 8.34. The van der Waals surface area contributed by atoms with Crippen LogP contribution < -0.4 is 9.47 Å². The van der Waals surface area contributed by atoms with Crippen LogP contribution in [0.2, 0.25) is 0 Å². The molecule has 1 fully saturated rings. The highest BCUT2D eigenvalue weighted by atomic mass is 32.2. The maximum absolute atomic E-state index is 10.3. The molecule has 2 heterocycles. The van der Waals surface area contributed by atoms with Gasteiger partial charge < -0.3 is 14.6 Å². The van der Waals surface area contributed by atoms with Crippen LogP contribution in [-0.4, -0.2) is 83.1 Å². The number of methoxy groups -OCH3 is 1. The molecule has 0 bridgehead atoms. The first-order valence-corrected chi connectivity index (χ1v) is 10.7. The number of aromatic nitrogens is 2. The molecule has 28 heavy (non-hydrogen) atoms. The standard InChI is InChI=1S/C20H30N4O3S/c1-23(13-17-5-6-21-22-17)12-16-3-4-19(20(11-16)26-2)27-15-18(25)14-24-7-9-28-10-8-24/h3-6,11,18,25H,7-10,12-15H2,1-2H3,(H,21,22). The zero-order chi connectivity index (χ0) is 19.8. The van der Waals surface area contributed by atoms with Gasteiger partial charge >= 0.3 is 0 Å². The van der Waals surface area contributed by atoms with Crippen molar-refractivity contribution in [3.63, 3.8) is 0 Å². The van der Waals surface area contributed by atoms with Crippen LogP contribution in [-0.2, 0) is 13.1 Å². The number of nitrogens with zero attached hydrogens (tertiary/aromatic N) is 3. The van der Waals surface area contributed by atoms with E-state index in [1.807, 2.05) is 36.0 Å². The van der Waals surface area contributed by atoms with Crippen molar-refractivity contribution in [2.24, 2.45) is 0 Å². The van der Waals surface area contributed by atoms with Crippen molar-refractivity contribution in [3.8, 4) is 11.5 Å². The molecule has 3 rings (SSSR count). The van der Waals surface area contributed by atoms with Gasteiger partial charge in [-0.05, 0) is 30.8 Å². The normalized spacial score (nSPS) is 16.3. The predicted molar refractivity (Wildman–Crippen MR) is 112 cm³/mol. The zero-order valence-electron chi connectivity index (χ0n) is 16.6. The van der Waals surface area contributed by atoms with Gasteiger partial charge in [0, 0.05) is 56.1 Å². The Balaban J connectivity index is 1.50. The number of nitrogens with one attached hydrogen (secondary N) is 1. The molecule has 2 N–H and O–H groups in total. The van der Waals surface area contributed by atoms with Gasteiger partial charge in [-0.3, -0.25) is 14.9 Å². The highest BCUT2D eigenvalue weighted by Crippen LogP contribution is 2.28. The molecule has 1 aliphatic rings. The quantitative estimate of drug-likeness (QED) is 0.624. The predicted octanol–water partition coefficient (Wildman–Crippen LogP) is 1.84. The number of hydrogen-bond donors (Lipinski definition) is 2. The Morgan fingerprint density at radius 3 is 2.79 bits per heavy atom. The fraction of sp³-hybridized carbons (Fsp3) is 0.550. The summed E-state index contributed by atoms with van der Waals surface area (Å²) in [6, 6.07) is 7.92. The molecular formula is C20H30N4O3S. The minimum atomic E-state index is -0.506. The lowest BCUT2D eigenvalue weighted by molar-refractivity contribution is 0.0704. The number of aromatic amines is 1. The Morgan fingerprint density at radius 2 is 2.07 bits per heavy atom. The molecule has 1 aromatic carbocycles. The first-order chi connectivity index (χ1) is 13.6. The molecule has 0 amide bonds. The third kappa shape index (κ3) is 6.41. The summed E-state index contributed by atoms with van der Waals surface area (Å²) in [5.74, 6) is 3.62. The minimum Gasteiger partial charge on any atom is -0.493 e. The van der Waals surface area contributed by atoms with E-state index in [1.165, 1.54) is 0 Å². The highest BCUT2D eigenvalue weighted by Gasteiger charge is 2.16. The van der Waals surface area contributed by atoms with Gasteiger partial charge in [0.2, 0.25) is 0 Å². The summed E-state index contributed by atoms with van der Waals surface area (Å²) in [6.07, 6.45) is 1.25. The van der Waals surface area contributed by atoms with Gasteiger partial charge in [0.05, 0.1) is 7.11 Å². The fourth-order valence-corrected chi connectivity index (χ4v) is 4.26. The van der Waals surface area contributed by atoms with Gasteiger partial charge in [0.25, 0.3) is 0 Å². The molecule has 1 aromatic heterocycles. The van der Waals surface area contributed by atoms with Crippen molar-refractivity contribution >= 4 is 11.8 Å². The molecule has 0 spiro atoms. The van der Waals surface area contributed by atoms with E-state index >= 15 is 0 Å². The molecule has 154 valence electrons. The molecule has 8 heteroatoms. The average molecular weight is 407 g/mol. The first kappa shape index (κ1) is 21.0. The molecule has 0 radical (unpaired) electrons. The number of ether oxygens (including phenoxy) is 2. The topological polar surface area (TPSA) is 73.8 Å². The Morgan fingerprint density at radius 1 is 1.25 bits per heavy atom. The number of aliphatic hydroxyl groups is 1. The van der Waals surface area contributed by atoms with Crippen LogP contribution in [0, 0.1) is 0 Å². The number of rotatable bonds is 10. The molecule has 1 unspecified atom stereocenters. The first-order valence-electron chi connectivity index (χ1n) is 9.58. The molecule has 1 aliphatic heterocycles. The summed E-state index contributed by atoms with van der Waals surface area (Å²) in [5, 5.41) is 17.3. The van der Waals surface area contributed by atoms with Gasteiger partial charge in [-0.15, -0.1) is 0 Å². The van der Waals surface area contributed by atoms with E-state index in [9.17, 15) is 5.11 Å². The lowest BCUT2D eigenvalue weighted by Gasteiger charge is -2.28. The number of hydrogen-bond acceptors (Lipinski definition) is 7. The summed E-state index contributed by atoms with van der Waals surface area (Å²) >= 11 is 1.97. The van der Waals surface area contributed by atoms with Crippen LogP contribution in [0.5, 0.6) is 11.5 Å². The fourth-order valence-electron chi connectivity index (χ4n) is 3.28. The highest BCUT2D eigenvalue weighted by molar-refractivity contribution is 7.99. The van der Waals surface area contributed by atoms with Crippen molar-refractivity contribution < 1.29 is 14.6 Å². The average Bonchev–Trinajstić information content (AvgIpc) is 3.20. The summed E-state index contributed by atoms with van der Waals surface area (Å²) in [4.78, 5) is 4.49. The SMILES string of the molecule is COc1cc(CN(C)Cc2ccn[nH]2)ccc1OCC(O)CN1CCSCC1. The number of β-amino-alcohol motifs (C(OH)–C–C–N with tert-alkyl or cyclic N) is 1. The molecule has 2 aromatic rings. The molecular weight excluding hydrogens is 376 g/mol. The summed E-state index contributed by atoms with van der Waals surface area (Å²) < 4.78 is 11.3. The second kappa shape index (κ2) is 10.7. The van der Waals surface area contributed by atoms with Gasteiger partial charge in [0.15, 0.2) is 11.5 Å². The number of aliphatic hydroxyl groups excluding tert-OH is 1. The third-order valence-corrected chi connectivity index (χ3v) is 5.63. The molecule has 0 aliphatic carbocycles. The van der Waals surface area contributed by atoms with Crippen LogP contribution in [0.4, 0.5) is 0 Å². The summed E-state index contributed by atoms with van der Waals surface area (Å²) in [7, 11) is 3.70. The van der Waals surface area contributed by atoms with Crippen LogP contribution in [0.15, 0.2) is 30.5 Å². The smallest absolute Gasteiger partial charge is 0.161 e. The number of H-pyrrole nitrogens is 1. The Labute approximate surface area is 171 Å². The Kier molecular flexibility index (Phi) is 8.02. The van der Waals surface area contributed by atoms with E-state index in [-0.39, 0.29) is 6.61 Å². The van der Waals surface area contributed by atoms with Crippen LogP contribution in [0.3, 0.4) is 0 Å². The minimum absolute atomic E-state index is 0.263. The van der Waals surface area contributed by atoms with Gasteiger partial charge in [-0.1, -0.05) is 6.07 Å². The second-order valence-electron chi connectivity index (χ2n) is 7.12. The Hall–Kier alpha value is -1.74.